The van der Waals surface area contributed by atoms with E-state index < -0.39 is 0 Å². The number of halogens is 1. The van der Waals surface area contributed by atoms with Gasteiger partial charge in [0.2, 0.25) is 0 Å². The molecule has 0 unspecified atom stereocenters. The first-order valence-corrected chi connectivity index (χ1v) is 7.56. The number of hydrogen-bond donors (Lipinski definition) is 0. The highest BCUT2D eigenvalue weighted by Gasteiger charge is 2.20. The van der Waals surface area contributed by atoms with Crippen LogP contribution in [-0.4, -0.2) is 5.88 Å². The molecule has 0 saturated carbocycles. The van der Waals surface area contributed by atoms with E-state index in [1.807, 2.05) is 0 Å². The first-order valence-electron chi connectivity index (χ1n) is 7.02. The van der Waals surface area contributed by atoms with Crippen LogP contribution in [0.15, 0.2) is 23.3 Å². The lowest BCUT2D eigenvalue weighted by Crippen LogP contribution is -2.08. The Balaban J connectivity index is 2.73. The van der Waals surface area contributed by atoms with Crippen molar-refractivity contribution in [2.75, 3.05) is 5.88 Å². The van der Waals surface area contributed by atoms with Gasteiger partial charge in [0.1, 0.15) is 0 Å². The molecule has 17 heavy (non-hydrogen) atoms. The van der Waals surface area contributed by atoms with Gasteiger partial charge in [-0.05, 0) is 37.5 Å². The highest BCUT2D eigenvalue weighted by atomic mass is 35.5. The van der Waals surface area contributed by atoms with Crippen LogP contribution in [0, 0.1) is 5.41 Å². The van der Waals surface area contributed by atoms with E-state index in [1.54, 1.807) is 11.1 Å². The maximum atomic E-state index is 5.95. The number of alkyl halides is 1. The molecule has 1 aliphatic carbocycles. The molecule has 0 saturated heterocycles. The highest BCUT2D eigenvalue weighted by molar-refractivity contribution is 6.18. The predicted molar refractivity (Wildman–Crippen MR) is 78.7 cm³/mol. The number of rotatable bonds is 6. The minimum Gasteiger partial charge on any atom is -0.126 e. The quantitative estimate of drug-likeness (QED) is 0.316. The van der Waals surface area contributed by atoms with E-state index in [4.69, 9.17) is 11.6 Å². The van der Waals surface area contributed by atoms with Gasteiger partial charge in [-0.25, -0.2) is 0 Å². The fraction of sp³-hybridized carbons (Fsp3) is 0.750. The molecule has 0 N–H and O–H groups in total. The Morgan fingerprint density at radius 2 is 1.94 bits per heavy atom. The summed E-state index contributed by atoms with van der Waals surface area (Å²) in [6, 6.07) is 0. The summed E-state index contributed by atoms with van der Waals surface area (Å²) in [6.45, 7) is 6.92. The van der Waals surface area contributed by atoms with Crippen LogP contribution in [0.2, 0.25) is 0 Å². The van der Waals surface area contributed by atoms with Crippen molar-refractivity contribution in [3.05, 3.63) is 23.3 Å². The summed E-state index contributed by atoms with van der Waals surface area (Å²) < 4.78 is 0. The van der Waals surface area contributed by atoms with E-state index in [9.17, 15) is 0 Å². The van der Waals surface area contributed by atoms with Crippen molar-refractivity contribution in [2.45, 2.75) is 65.7 Å². The van der Waals surface area contributed by atoms with Crippen LogP contribution in [0.3, 0.4) is 0 Å². The molecule has 0 aromatic rings. The molecule has 1 rings (SSSR count). The normalized spacial score (nSPS) is 19.5. The Labute approximate surface area is 112 Å². The minimum atomic E-state index is 0.313. The Hall–Kier alpha value is -0.230. The molecule has 1 heteroatoms. The van der Waals surface area contributed by atoms with Crippen molar-refractivity contribution in [1.82, 2.24) is 0 Å². The molecule has 0 heterocycles. The number of unbranched alkanes of at least 4 members (excludes halogenated alkanes) is 2. The molecule has 0 nitrogen and oxygen atoms in total. The van der Waals surface area contributed by atoms with Gasteiger partial charge < -0.3 is 0 Å². The monoisotopic (exact) mass is 254 g/mol. The van der Waals surface area contributed by atoms with Crippen molar-refractivity contribution in [1.29, 1.82) is 0 Å². The smallest absolute Gasteiger partial charge is 0.0260 e. The second kappa shape index (κ2) is 7.26. The van der Waals surface area contributed by atoms with Crippen molar-refractivity contribution in [2.24, 2.45) is 5.41 Å². The lowest BCUT2D eigenvalue weighted by atomic mass is 9.84. The molecular weight excluding hydrogens is 228 g/mol. The molecule has 1 aliphatic rings. The average Bonchev–Trinajstić information content (AvgIpc) is 2.39. The summed E-state index contributed by atoms with van der Waals surface area (Å²) >= 11 is 5.95. The third-order valence-electron chi connectivity index (χ3n) is 3.58. The van der Waals surface area contributed by atoms with E-state index in [0.717, 1.165) is 18.7 Å². The van der Waals surface area contributed by atoms with Crippen LogP contribution in [0.4, 0.5) is 0 Å². The summed E-state index contributed by atoms with van der Waals surface area (Å²) in [5, 5.41) is 0. The van der Waals surface area contributed by atoms with E-state index in [1.165, 1.54) is 32.1 Å². The Morgan fingerprint density at radius 1 is 1.18 bits per heavy atom. The fourth-order valence-corrected chi connectivity index (χ4v) is 2.87. The summed E-state index contributed by atoms with van der Waals surface area (Å²) in [7, 11) is 0. The maximum Gasteiger partial charge on any atom is 0.0260 e. The zero-order valence-electron chi connectivity index (χ0n) is 11.7. The van der Waals surface area contributed by atoms with Gasteiger partial charge in [0.25, 0.3) is 0 Å². The molecular formula is C16H27Cl. The number of allylic oxidation sites excluding steroid dienone is 4. The van der Waals surface area contributed by atoms with Crippen LogP contribution < -0.4 is 0 Å². The van der Waals surface area contributed by atoms with Crippen LogP contribution in [0.25, 0.3) is 0 Å². The van der Waals surface area contributed by atoms with E-state index >= 15 is 0 Å². The minimum absolute atomic E-state index is 0.313. The Bertz CT molecular complexity index is 284. The molecule has 0 bridgehead atoms. The largest absolute Gasteiger partial charge is 0.126 e. The predicted octanol–water partition coefficient (Wildman–Crippen LogP) is 5.87. The Kier molecular flexibility index (Phi) is 6.33. The lowest BCUT2D eigenvalue weighted by Gasteiger charge is -2.22. The summed E-state index contributed by atoms with van der Waals surface area (Å²) in [5.41, 5.74) is 3.61. The van der Waals surface area contributed by atoms with Crippen molar-refractivity contribution in [3.8, 4) is 0 Å². The van der Waals surface area contributed by atoms with E-state index in [-0.39, 0.29) is 0 Å². The molecule has 0 spiro atoms. The van der Waals surface area contributed by atoms with Crippen LogP contribution in [-0.2, 0) is 0 Å². The SMILES string of the molecule is CCCCCC1=C(CCCl)CC(C)(C)C=CC1. The van der Waals surface area contributed by atoms with Crippen LogP contribution >= 0.6 is 11.6 Å². The van der Waals surface area contributed by atoms with Crippen molar-refractivity contribution < 1.29 is 0 Å². The summed E-state index contributed by atoms with van der Waals surface area (Å²) in [5.74, 6) is 0.767. The second-order valence-corrected chi connectivity index (χ2v) is 6.25. The van der Waals surface area contributed by atoms with Gasteiger partial charge in [-0.2, -0.15) is 0 Å². The molecule has 0 aliphatic heterocycles. The molecule has 0 radical (unpaired) electrons. The fourth-order valence-electron chi connectivity index (χ4n) is 2.64. The topological polar surface area (TPSA) is 0 Å². The van der Waals surface area contributed by atoms with Crippen molar-refractivity contribution in [3.63, 3.8) is 0 Å². The molecule has 98 valence electrons. The molecule has 0 aromatic carbocycles. The first kappa shape index (κ1) is 14.8. The van der Waals surface area contributed by atoms with Gasteiger partial charge >= 0.3 is 0 Å². The van der Waals surface area contributed by atoms with Gasteiger partial charge in [-0.1, -0.05) is 56.9 Å². The van der Waals surface area contributed by atoms with Gasteiger partial charge in [0, 0.05) is 5.88 Å². The van der Waals surface area contributed by atoms with Crippen LogP contribution in [0.5, 0.6) is 0 Å². The third-order valence-corrected chi connectivity index (χ3v) is 3.77. The first-order chi connectivity index (χ1) is 8.09. The number of hydrogen-bond acceptors (Lipinski definition) is 0. The van der Waals surface area contributed by atoms with Gasteiger partial charge in [0.15, 0.2) is 0 Å². The van der Waals surface area contributed by atoms with Gasteiger partial charge in [-0.15, -0.1) is 11.6 Å². The molecule has 0 amide bonds. The standard InChI is InChI=1S/C16H27Cl/c1-4-5-6-8-14-9-7-11-16(2,3)13-15(14)10-12-17/h7,11H,4-6,8-10,12-13H2,1-3H3. The Morgan fingerprint density at radius 3 is 2.59 bits per heavy atom. The van der Waals surface area contributed by atoms with E-state index in [2.05, 4.69) is 32.9 Å². The third kappa shape index (κ3) is 5.29. The lowest BCUT2D eigenvalue weighted by molar-refractivity contribution is 0.470. The molecule has 0 aromatic heterocycles. The zero-order valence-corrected chi connectivity index (χ0v) is 12.4. The van der Waals surface area contributed by atoms with Crippen LogP contribution in [0.1, 0.15) is 65.7 Å². The molecule has 0 atom stereocenters. The highest BCUT2D eigenvalue weighted by Crippen LogP contribution is 2.35. The zero-order chi connectivity index (χ0) is 12.7. The van der Waals surface area contributed by atoms with Crippen molar-refractivity contribution >= 4 is 11.6 Å². The average molecular weight is 255 g/mol. The van der Waals surface area contributed by atoms with E-state index in [0.29, 0.717) is 5.41 Å². The van der Waals surface area contributed by atoms with Gasteiger partial charge in [0.05, 0.1) is 0 Å². The summed E-state index contributed by atoms with van der Waals surface area (Å²) in [4.78, 5) is 0. The second-order valence-electron chi connectivity index (χ2n) is 5.88. The van der Waals surface area contributed by atoms with Gasteiger partial charge in [-0.3, -0.25) is 0 Å². The maximum absolute atomic E-state index is 5.95. The molecule has 0 fully saturated rings. The summed E-state index contributed by atoms with van der Waals surface area (Å²) in [6.07, 6.45) is 13.4.